The Hall–Kier alpha value is -1.24. The van der Waals surface area contributed by atoms with Gasteiger partial charge in [-0.3, -0.25) is 9.69 Å². The number of ketones is 1. The maximum atomic E-state index is 12.4. The number of rotatable bonds is 5. The van der Waals surface area contributed by atoms with E-state index >= 15 is 0 Å². The van der Waals surface area contributed by atoms with Crippen molar-refractivity contribution in [2.45, 2.75) is 38.1 Å². The van der Waals surface area contributed by atoms with Gasteiger partial charge in [0, 0.05) is 17.0 Å². The van der Waals surface area contributed by atoms with Crippen LogP contribution in [-0.4, -0.2) is 33.9 Å². The number of carbonyl (C=O) groups excluding carboxylic acids is 1. The summed E-state index contributed by atoms with van der Waals surface area (Å²) in [6, 6.07) is 20.9. The summed E-state index contributed by atoms with van der Waals surface area (Å²) >= 11 is 2.35. The third kappa shape index (κ3) is 4.13. The second kappa shape index (κ2) is 8.43. The Morgan fingerprint density at radius 1 is 1.16 bits per heavy atom. The molecule has 4 atom stereocenters. The van der Waals surface area contributed by atoms with Crippen LogP contribution in [0.25, 0.3) is 0 Å². The Balaban J connectivity index is 2.02. The van der Waals surface area contributed by atoms with Crippen molar-refractivity contribution in [2.75, 3.05) is 11.0 Å². The molecule has 25 heavy (non-hydrogen) atoms. The molecule has 1 fully saturated rings. The number of hydrogen-bond acceptors (Lipinski definition) is 3. The molecule has 1 heterocycles. The Bertz CT molecular complexity index is 692. The van der Waals surface area contributed by atoms with Crippen molar-refractivity contribution in [3.05, 3.63) is 71.8 Å². The van der Waals surface area contributed by atoms with Crippen LogP contribution in [0.3, 0.4) is 0 Å². The normalized spacial score (nSPS) is 25.5. The maximum Gasteiger partial charge on any atom is 0.160 e. The average Bonchev–Trinajstić information content (AvgIpc) is 2.67. The number of morpholine rings is 1. The molecule has 0 N–H and O–H groups in total. The van der Waals surface area contributed by atoms with E-state index in [0.29, 0.717) is 0 Å². The molecular weight excluding hydrogens is 425 g/mol. The van der Waals surface area contributed by atoms with E-state index in [1.54, 1.807) is 6.92 Å². The predicted octanol–water partition coefficient (Wildman–Crippen LogP) is 4.58. The minimum atomic E-state index is -0.429. The topological polar surface area (TPSA) is 29.5 Å². The number of benzene rings is 2. The van der Waals surface area contributed by atoms with E-state index < -0.39 is 6.10 Å². The molecular formula is C21H24INO2. The summed E-state index contributed by atoms with van der Waals surface area (Å²) in [7, 11) is 0. The fraction of sp³-hybridized carbons (Fsp3) is 0.381. The first-order valence-electron chi connectivity index (χ1n) is 8.69. The van der Waals surface area contributed by atoms with E-state index in [9.17, 15) is 4.79 Å². The molecule has 0 aromatic heterocycles. The van der Waals surface area contributed by atoms with E-state index in [0.717, 1.165) is 16.5 Å². The lowest BCUT2D eigenvalue weighted by Crippen LogP contribution is -2.53. The van der Waals surface area contributed by atoms with E-state index in [1.165, 1.54) is 5.56 Å². The first-order chi connectivity index (χ1) is 12.1. The average molecular weight is 449 g/mol. The summed E-state index contributed by atoms with van der Waals surface area (Å²) in [5.41, 5.74) is 2.40. The first-order valence-corrected chi connectivity index (χ1v) is 10.2. The van der Waals surface area contributed by atoms with Gasteiger partial charge in [0.05, 0.1) is 12.1 Å². The SMILES string of the molecule is CC(=O)[C@H]1O[C@@H](CI)CN([C@H](C)c2ccccc2)C1c1ccccc1. The monoisotopic (exact) mass is 449 g/mol. The molecule has 0 amide bonds. The number of ether oxygens (including phenoxy) is 1. The van der Waals surface area contributed by atoms with Crippen molar-refractivity contribution in [1.82, 2.24) is 4.90 Å². The van der Waals surface area contributed by atoms with Crippen LogP contribution in [0.15, 0.2) is 60.7 Å². The Kier molecular flexibility index (Phi) is 6.25. The lowest BCUT2D eigenvalue weighted by Gasteiger charge is -2.46. The molecule has 1 aliphatic rings. The first kappa shape index (κ1) is 18.5. The van der Waals surface area contributed by atoms with Crippen molar-refractivity contribution in [3.8, 4) is 0 Å². The van der Waals surface area contributed by atoms with Crippen molar-refractivity contribution < 1.29 is 9.53 Å². The van der Waals surface area contributed by atoms with Crippen LogP contribution in [0.2, 0.25) is 0 Å². The van der Waals surface area contributed by atoms with Crippen LogP contribution in [0.4, 0.5) is 0 Å². The largest absolute Gasteiger partial charge is 0.363 e. The summed E-state index contributed by atoms with van der Waals surface area (Å²) in [5.74, 6) is 0.0914. The molecule has 2 aromatic rings. The minimum Gasteiger partial charge on any atom is -0.363 e. The molecule has 1 unspecified atom stereocenters. The maximum absolute atomic E-state index is 12.4. The summed E-state index contributed by atoms with van der Waals surface area (Å²) in [6.07, 6.45) is -0.359. The van der Waals surface area contributed by atoms with Gasteiger partial charge in [0.2, 0.25) is 0 Å². The number of hydrogen-bond donors (Lipinski definition) is 0. The zero-order chi connectivity index (χ0) is 17.8. The third-order valence-corrected chi connectivity index (χ3v) is 5.87. The summed E-state index contributed by atoms with van der Waals surface area (Å²) in [5, 5.41) is 0. The molecule has 0 spiro atoms. The van der Waals surface area contributed by atoms with Gasteiger partial charge in [-0.15, -0.1) is 0 Å². The fourth-order valence-electron chi connectivity index (χ4n) is 3.59. The Morgan fingerprint density at radius 2 is 1.76 bits per heavy atom. The molecule has 1 aliphatic heterocycles. The molecule has 0 aliphatic carbocycles. The van der Waals surface area contributed by atoms with Crippen molar-refractivity contribution in [1.29, 1.82) is 0 Å². The van der Waals surface area contributed by atoms with Gasteiger partial charge in [-0.2, -0.15) is 0 Å². The molecule has 132 valence electrons. The molecule has 1 saturated heterocycles. The molecule has 0 radical (unpaired) electrons. The molecule has 3 rings (SSSR count). The minimum absolute atomic E-state index is 0.0619. The molecule has 2 aromatic carbocycles. The number of nitrogens with zero attached hydrogens (tertiary/aromatic N) is 1. The van der Waals surface area contributed by atoms with Gasteiger partial charge >= 0.3 is 0 Å². The van der Waals surface area contributed by atoms with E-state index in [2.05, 4.69) is 70.8 Å². The molecule has 0 bridgehead atoms. The lowest BCUT2D eigenvalue weighted by molar-refractivity contribution is -0.155. The summed E-state index contributed by atoms with van der Waals surface area (Å²) in [4.78, 5) is 14.8. The fourth-order valence-corrected chi connectivity index (χ4v) is 4.08. The number of alkyl halides is 1. The highest BCUT2D eigenvalue weighted by Crippen LogP contribution is 2.38. The van der Waals surface area contributed by atoms with Crippen molar-refractivity contribution in [3.63, 3.8) is 0 Å². The highest BCUT2D eigenvalue weighted by molar-refractivity contribution is 14.1. The number of Topliss-reactive ketones (excluding diaryl/α,β-unsaturated/α-hetero) is 1. The van der Waals surface area contributed by atoms with Crippen LogP contribution in [0, 0.1) is 0 Å². The van der Waals surface area contributed by atoms with Gasteiger partial charge in [0.1, 0.15) is 6.10 Å². The van der Waals surface area contributed by atoms with Crippen LogP contribution in [-0.2, 0) is 9.53 Å². The van der Waals surface area contributed by atoms with Crippen LogP contribution in [0.5, 0.6) is 0 Å². The number of carbonyl (C=O) groups is 1. The Labute approximate surface area is 163 Å². The highest BCUT2D eigenvalue weighted by Gasteiger charge is 2.42. The van der Waals surface area contributed by atoms with E-state index in [1.807, 2.05) is 24.3 Å². The van der Waals surface area contributed by atoms with Crippen LogP contribution in [0.1, 0.15) is 37.1 Å². The van der Waals surface area contributed by atoms with E-state index in [4.69, 9.17) is 4.74 Å². The third-order valence-electron chi connectivity index (χ3n) is 4.89. The van der Waals surface area contributed by atoms with Crippen molar-refractivity contribution >= 4 is 28.4 Å². The van der Waals surface area contributed by atoms with Crippen molar-refractivity contribution in [2.24, 2.45) is 0 Å². The smallest absolute Gasteiger partial charge is 0.160 e. The van der Waals surface area contributed by atoms with Gasteiger partial charge in [0.25, 0.3) is 0 Å². The van der Waals surface area contributed by atoms with Gasteiger partial charge in [-0.05, 0) is 25.0 Å². The highest BCUT2D eigenvalue weighted by atomic mass is 127. The number of halogens is 1. The second-order valence-electron chi connectivity index (χ2n) is 6.58. The zero-order valence-electron chi connectivity index (χ0n) is 14.6. The van der Waals surface area contributed by atoms with Gasteiger partial charge in [-0.1, -0.05) is 83.3 Å². The van der Waals surface area contributed by atoms with E-state index in [-0.39, 0.29) is 24.0 Å². The second-order valence-corrected chi connectivity index (χ2v) is 7.46. The van der Waals surface area contributed by atoms with Crippen LogP contribution < -0.4 is 0 Å². The molecule has 3 nitrogen and oxygen atoms in total. The zero-order valence-corrected chi connectivity index (χ0v) is 16.8. The standard InChI is InChI=1S/C21H24INO2/c1-15(17-9-5-3-6-10-17)23-14-19(13-22)25-21(16(2)24)20(23)18-11-7-4-8-12-18/h3-12,15,19-21H,13-14H2,1-2H3/t15-,19+,20?,21-/m1/s1. The van der Waals surface area contributed by atoms with Gasteiger partial charge in [0.15, 0.2) is 5.78 Å². The van der Waals surface area contributed by atoms with Crippen LogP contribution >= 0.6 is 22.6 Å². The summed E-state index contributed by atoms with van der Waals surface area (Å²) in [6.45, 7) is 4.68. The quantitative estimate of drug-likeness (QED) is 0.495. The van der Waals surface area contributed by atoms with Gasteiger partial charge < -0.3 is 4.74 Å². The lowest BCUT2D eigenvalue weighted by atomic mass is 9.92. The predicted molar refractivity (Wildman–Crippen MR) is 109 cm³/mol. The molecule has 4 heteroatoms. The Morgan fingerprint density at radius 3 is 2.32 bits per heavy atom. The molecule has 0 saturated carbocycles. The summed E-state index contributed by atoms with van der Waals surface area (Å²) < 4.78 is 7.06. The van der Waals surface area contributed by atoms with Gasteiger partial charge in [-0.25, -0.2) is 0 Å².